The fourth-order valence-corrected chi connectivity index (χ4v) is 3.24. The lowest BCUT2D eigenvalue weighted by Gasteiger charge is -2.31. The Morgan fingerprint density at radius 2 is 2.00 bits per heavy atom. The number of carbonyl (C=O) groups is 2. The molecule has 1 amide bonds. The maximum Gasteiger partial charge on any atom is 0.308 e. The first-order chi connectivity index (χ1) is 10.2. The third kappa shape index (κ3) is 3.47. The molecule has 22 heavy (non-hydrogen) atoms. The van der Waals surface area contributed by atoms with Crippen LogP contribution >= 0.6 is 0 Å². The van der Waals surface area contributed by atoms with Gasteiger partial charge in [-0.1, -0.05) is 6.07 Å². The molecule has 1 heterocycles. The number of nitrogens with zero attached hydrogens (tertiary/aromatic N) is 1. The molecule has 1 N–H and O–H groups in total. The standard InChI is InChI=1S/C15H19NO5S/c1-10-5-6-12(22(2,20)21)8-13(10)14(17)16-7-3-4-11(9-16)15(18)19/h5-6,8,11H,3-4,7,9H2,1-2H3,(H,18,19)/t11-/m0/s1. The molecule has 1 saturated heterocycles. The number of hydrogen-bond donors (Lipinski definition) is 1. The van der Waals surface area contributed by atoms with E-state index in [4.69, 9.17) is 5.11 Å². The first-order valence-electron chi connectivity index (χ1n) is 7.03. The maximum absolute atomic E-state index is 12.6. The number of amides is 1. The quantitative estimate of drug-likeness (QED) is 0.905. The molecular formula is C15H19NO5S. The van der Waals surface area contributed by atoms with E-state index in [1.165, 1.54) is 17.0 Å². The molecule has 120 valence electrons. The van der Waals surface area contributed by atoms with Crippen molar-refractivity contribution >= 4 is 21.7 Å². The van der Waals surface area contributed by atoms with E-state index in [9.17, 15) is 18.0 Å². The number of piperidine rings is 1. The number of hydrogen-bond acceptors (Lipinski definition) is 4. The first-order valence-corrected chi connectivity index (χ1v) is 8.92. The summed E-state index contributed by atoms with van der Waals surface area (Å²) < 4.78 is 23.3. The predicted octanol–water partition coefficient (Wildman–Crippen LogP) is 1.34. The minimum Gasteiger partial charge on any atom is -0.481 e. The number of sulfone groups is 1. The van der Waals surface area contributed by atoms with Gasteiger partial charge in [-0.15, -0.1) is 0 Å². The van der Waals surface area contributed by atoms with Gasteiger partial charge in [0, 0.05) is 24.9 Å². The van der Waals surface area contributed by atoms with Gasteiger partial charge in [0.1, 0.15) is 0 Å². The van der Waals surface area contributed by atoms with E-state index in [1.54, 1.807) is 13.0 Å². The highest BCUT2D eigenvalue weighted by Gasteiger charge is 2.29. The Labute approximate surface area is 129 Å². The van der Waals surface area contributed by atoms with Crippen molar-refractivity contribution in [3.8, 4) is 0 Å². The number of carboxylic acid groups (broad SMARTS) is 1. The molecule has 0 aliphatic carbocycles. The van der Waals surface area contributed by atoms with Crippen LogP contribution < -0.4 is 0 Å². The predicted molar refractivity (Wildman–Crippen MR) is 80.6 cm³/mol. The Morgan fingerprint density at radius 3 is 2.59 bits per heavy atom. The van der Waals surface area contributed by atoms with Crippen LogP contribution in [0, 0.1) is 12.8 Å². The van der Waals surface area contributed by atoms with Crippen molar-refractivity contribution < 1.29 is 23.1 Å². The van der Waals surface area contributed by atoms with Gasteiger partial charge in [-0.3, -0.25) is 9.59 Å². The topological polar surface area (TPSA) is 91.8 Å². The SMILES string of the molecule is Cc1ccc(S(C)(=O)=O)cc1C(=O)N1CCC[C@H](C(=O)O)C1. The Balaban J connectivity index is 2.31. The molecule has 0 aromatic heterocycles. The summed E-state index contributed by atoms with van der Waals surface area (Å²) in [6, 6.07) is 4.44. The van der Waals surface area contributed by atoms with Crippen LogP contribution in [0.1, 0.15) is 28.8 Å². The zero-order valence-corrected chi connectivity index (χ0v) is 13.4. The molecule has 1 fully saturated rings. The van der Waals surface area contributed by atoms with Crippen LogP contribution in [0.2, 0.25) is 0 Å². The fraction of sp³-hybridized carbons (Fsp3) is 0.467. The summed E-state index contributed by atoms with van der Waals surface area (Å²) in [4.78, 5) is 25.3. The van der Waals surface area contributed by atoms with E-state index in [0.717, 1.165) is 6.26 Å². The molecule has 0 radical (unpaired) electrons. The lowest BCUT2D eigenvalue weighted by molar-refractivity contribution is -0.143. The highest BCUT2D eigenvalue weighted by atomic mass is 32.2. The average Bonchev–Trinajstić information content (AvgIpc) is 2.46. The van der Waals surface area contributed by atoms with Crippen molar-refractivity contribution in [2.75, 3.05) is 19.3 Å². The Kier molecular flexibility index (Phi) is 4.55. The summed E-state index contributed by atoms with van der Waals surface area (Å²) in [6.07, 6.45) is 2.28. The second kappa shape index (κ2) is 6.08. The van der Waals surface area contributed by atoms with Gasteiger partial charge in [-0.25, -0.2) is 8.42 Å². The van der Waals surface area contributed by atoms with Gasteiger partial charge in [0.05, 0.1) is 10.8 Å². The third-order valence-electron chi connectivity index (χ3n) is 3.93. The first kappa shape index (κ1) is 16.5. The van der Waals surface area contributed by atoms with Crippen molar-refractivity contribution in [2.45, 2.75) is 24.7 Å². The van der Waals surface area contributed by atoms with E-state index in [-0.39, 0.29) is 17.3 Å². The smallest absolute Gasteiger partial charge is 0.308 e. The molecule has 7 heteroatoms. The summed E-state index contributed by atoms with van der Waals surface area (Å²) in [5.74, 6) is -1.77. The molecule has 6 nitrogen and oxygen atoms in total. The van der Waals surface area contributed by atoms with Crippen molar-refractivity contribution in [1.82, 2.24) is 4.90 Å². The van der Waals surface area contributed by atoms with Gasteiger partial charge in [-0.2, -0.15) is 0 Å². The van der Waals surface area contributed by atoms with E-state index >= 15 is 0 Å². The van der Waals surface area contributed by atoms with Crippen LogP contribution in [0.15, 0.2) is 23.1 Å². The minimum absolute atomic E-state index is 0.0910. The van der Waals surface area contributed by atoms with Gasteiger partial charge in [0.15, 0.2) is 9.84 Å². The van der Waals surface area contributed by atoms with Crippen LogP contribution in [0.5, 0.6) is 0 Å². The molecule has 1 aromatic rings. The summed E-state index contributed by atoms with van der Waals surface area (Å²) in [5, 5.41) is 9.10. The van der Waals surface area contributed by atoms with Gasteiger partial charge < -0.3 is 10.0 Å². The number of aliphatic carboxylic acids is 1. The second-order valence-electron chi connectivity index (χ2n) is 5.68. The van der Waals surface area contributed by atoms with Gasteiger partial charge in [0.25, 0.3) is 5.91 Å². The van der Waals surface area contributed by atoms with Crippen LogP contribution in [-0.2, 0) is 14.6 Å². The number of carbonyl (C=O) groups excluding carboxylic acids is 1. The summed E-state index contributed by atoms with van der Waals surface area (Å²) in [6.45, 7) is 2.39. The van der Waals surface area contributed by atoms with Crippen molar-refractivity contribution in [3.63, 3.8) is 0 Å². The highest BCUT2D eigenvalue weighted by Crippen LogP contribution is 2.22. The molecule has 2 rings (SSSR count). The highest BCUT2D eigenvalue weighted by molar-refractivity contribution is 7.90. The van der Waals surface area contributed by atoms with Gasteiger partial charge in [-0.05, 0) is 37.5 Å². The molecular weight excluding hydrogens is 306 g/mol. The summed E-state index contributed by atoms with van der Waals surface area (Å²) in [7, 11) is -3.40. The van der Waals surface area contributed by atoms with E-state index in [2.05, 4.69) is 0 Å². The minimum atomic E-state index is -3.40. The molecule has 0 bridgehead atoms. The summed E-state index contributed by atoms with van der Waals surface area (Å²) >= 11 is 0. The zero-order valence-electron chi connectivity index (χ0n) is 12.6. The lowest BCUT2D eigenvalue weighted by atomic mass is 9.97. The lowest BCUT2D eigenvalue weighted by Crippen LogP contribution is -2.42. The Morgan fingerprint density at radius 1 is 1.32 bits per heavy atom. The monoisotopic (exact) mass is 325 g/mol. The van der Waals surface area contributed by atoms with Gasteiger partial charge in [0.2, 0.25) is 0 Å². The van der Waals surface area contributed by atoms with Crippen LogP contribution in [0.4, 0.5) is 0 Å². The second-order valence-corrected chi connectivity index (χ2v) is 7.69. The van der Waals surface area contributed by atoms with Crippen molar-refractivity contribution in [3.05, 3.63) is 29.3 Å². The zero-order chi connectivity index (χ0) is 16.5. The van der Waals surface area contributed by atoms with Crippen molar-refractivity contribution in [2.24, 2.45) is 5.92 Å². The van der Waals surface area contributed by atoms with Crippen LogP contribution in [-0.4, -0.2) is 49.6 Å². The van der Waals surface area contributed by atoms with Crippen LogP contribution in [0.25, 0.3) is 0 Å². The maximum atomic E-state index is 12.6. The van der Waals surface area contributed by atoms with E-state index in [1.807, 2.05) is 0 Å². The largest absolute Gasteiger partial charge is 0.481 e. The molecule has 1 aliphatic heterocycles. The molecule has 0 spiro atoms. The van der Waals surface area contributed by atoms with Crippen LogP contribution in [0.3, 0.4) is 0 Å². The number of benzene rings is 1. The summed E-state index contributed by atoms with van der Waals surface area (Å²) in [5.41, 5.74) is 0.990. The number of rotatable bonds is 3. The molecule has 0 unspecified atom stereocenters. The molecule has 0 saturated carbocycles. The normalized spacial score (nSPS) is 19.0. The van der Waals surface area contributed by atoms with Crippen molar-refractivity contribution in [1.29, 1.82) is 0 Å². The molecule has 1 aromatic carbocycles. The van der Waals surface area contributed by atoms with E-state index < -0.39 is 21.7 Å². The average molecular weight is 325 g/mol. The van der Waals surface area contributed by atoms with Gasteiger partial charge >= 0.3 is 5.97 Å². The third-order valence-corrected chi connectivity index (χ3v) is 5.04. The Bertz CT molecular complexity index is 711. The molecule has 1 atom stereocenters. The molecule has 1 aliphatic rings. The number of aryl methyl sites for hydroxylation is 1. The number of carboxylic acids is 1. The van der Waals surface area contributed by atoms with E-state index in [0.29, 0.717) is 30.5 Å². The fourth-order valence-electron chi connectivity index (χ4n) is 2.60. The number of likely N-dealkylation sites (tertiary alicyclic amines) is 1. The Hall–Kier alpha value is -1.89.